The summed E-state index contributed by atoms with van der Waals surface area (Å²) in [5, 5.41) is 0. The maximum atomic E-state index is 5.08. The first-order valence-corrected chi connectivity index (χ1v) is 2.36. The summed E-state index contributed by atoms with van der Waals surface area (Å²) in [6.07, 6.45) is 0. The number of halogens is 2. The summed E-state index contributed by atoms with van der Waals surface area (Å²) in [7, 11) is 1.34. The first-order valence-electron chi connectivity index (χ1n) is 1.19. The van der Waals surface area contributed by atoms with Gasteiger partial charge in [0, 0.05) is 7.11 Å². The molecule has 0 aliphatic carbocycles. The smallest absolute Gasteiger partial charge is 0.277 e. The molecule has 1 radical (unpaired) electrons. The SMILES string of the molecule is COC([S])(Cl)Cl. The number of methoxy groups -OCH3 is 1. The van der Waals surface area contributed by atoms with Crippen molar-refractivity contribution in [3.63, 3.8) is 0 Å². The molecule has 4 heteroatoms. The van der Waals surface area contributed by atoms with Crippen LogP contribution in [0.5, 0.6) is 0 Å². The molecule has 0 aromatic carbocycles. The van der Waals surface area contributed by atoms with Crippen LogP contribution in [0.3, 0.4) is 0 Å². The second-order valence-electron chi connectivity index (χ2n) is 0.667. The van der Waals surface area contributed by atoms with Crippen LogP contribution in [0.4, 0.5) is 0 Å². The summed E-state index contributed by atoms with van der Waals surface area (Å²) >= 11 is 14.4. The van der Waals surface area contributed by atoms with Crippen molar-refractivity contribution in [3.8, 4) is 0 Å². The molecule has 0 rings (SSSR count). The molecule has 0 atom stereocenters. The molecule has 0 saturated carbocycles. The Labute approximate surface area is 52.0 Å². The molecule has 0 amide bonds. The number of hydrogen-bond acceptors (Lipinski definition) is 1. The van der Waals surface area contributed by atoms with Crippen LogP contribution in [-0.2, 0) is 4.74 Å². The normalized spacial score (nSPS) is 12.0. The zero-order valence-electron chi connectivity index (χ0n) is 3.07. The summed E-state index contributed by atoms with van der Waals surface area (Å²) in [6, 6.07) is 0. The molecular weight excluding hydrogens is 143 g/mol. The van der Waals surface area contributed by atoms with E-state index in [0.29, 0.717) is 0 Å². The van der Waals surface area contributed by atoms with Gasteiger partial charge in [-0.15, -0.1) is 0 Å². The Morgan fingerprint density at radius 2 is 1.83 bits per heavy atom. The first kappa shape index (κ1) is 6.89. The molecule has 0 aliphatic rings. The summed E-state index contributed by atoms with van der Waals surface area (Å²) < 4.78 is 2.85. The molecule has 0 aromatic heterocycles. The minimum absolute atomic E-state index is 1.34. The number of ether oxygens (including phenoxy) is 1. The number of rotatable bonds is 1. The van der Waals surface area contributed by atoms with Crippen LogP contribution in [-0.4, -0.2) is 11.0 Å². The van der Waals surface area contributed by atoms with Crippen LogP contribution in [0.25, 0.3) is 0 Å². The van der Waals surface area contributed by atoms with Gasteiger partial charge in [0.1, 0.15) is 0 Å². The average Bonchev–Trinajstić information content (AvgIpc) is 1.35. The highest BCUT2D eigenvalue weighted by Gasteiger charge is 2.15. The summed E-state index contributed by atoms with van der Waals surface area (Å²) in [5.41, 5.74) is 0. The van der Waals surface area contributed by atoms with Crippen molar-refractivity contribution in [2.24, 2.45) is 0 Å². The highest BCUT2D eigenvalue weighted by molar-refractivity contribution is 7.84. The third kappa shape index (κ3) is 4.89. The van der Waals surface area contributed by atoms with Gasteiger partial charge in [-0.3, -0.25) is 0 Å². The van der Waals surface area contributed by atoms with Crippen molar-refractivity contribution in [2.45, 2.75) is 3.85 Å². The Morgan fingerprint density at radius 1 is 1.67 bits per heavy atom. The van der Waals surface area contributed by atoms with E-state index in [2.05, 4.69) is 17.4 Å². The van der Waals surface area contributed by atoms with Crippen molar-refractivity contribution in [1.29, 1.82) is 0 Å². The zero-order valence-corrected chi connectivity index (χ0v) is 5.40. The van der Waals surface area contributed by atoms with Crippen molar-refractivity contribution in [1.82, 2.24) is 0 Å². The van der Waals surface area contributed by atoms with Crippen LogP contribution in [0, 0.1) is 0 Å². The summed E-state index contributed by atoms with van der Waals surface area (Å²) in [4.78, 5) is 0. The van der Waals surface area contributed by atoms with Gasteiger partial charge in [0.15, 0.2) is 0 Å². The maximum Gasteiger partial charge on any atom is 0.277 e. The van der Waals surface area contributed by atoms with Crippen LogP contribution in [0.1, 0.15) is 0 Å². The van der Waals surface area contributed by atoms with E-state index in [0.717, 1.165) is 0 Å². The third-order valence-corrected chi connectivity index (χ3v) is 0.713. The van der Waals surface area contributed by atoms with E-state index in [-0.39, 0.29) is 0 Å². The van der Waals surface area contributed by atoms with E-state index in [1.807, 2.05) is 0 Å². The van der Waals surface area contributed by atoms with Crippen LogP contribution >= 0.6 is 35.8 Å². The molecule has 0 bridgehead atoms. The highest BCUT2D eigenvalue weighted by Crippen LogP contribution is 2.24. The standard InChI is InChI=1S/C2H3Cl2OS/c1-5-2(3,4)6/h1H3. The van der Waals surface area contributed by atoms with Crippen molar-refractivity contribution < 1.29 is 4.74 Å². The molecule has 0 heterocycles. The lowest BCUT2D eigenvalue weighted by molar-refractivity contribution is 0.203. The van der Waals surface area contributed by atoms with Gasteiger partial charge in [0.2, 0.25) is 0 Å². The molecule has 0 fully saturated rings. The summed E-state index contributed by atoms with van der Waals surface area (Å²) in [6.45, 7) is 0. The third-order valence-electron chi connectivity index (χ3n) is 0.238. The fraction of sp³-hybridized carbons (Fsp3) is 1.00. The van der Waals surface area contributed by atoms with E-state index in [1.54, 1.807) is 0 Å². The van der Waals surface area contributed by atoms with Gasteiger partial charge in [0.25, 0.3) is 3.85 Å². The lowest BCUT2D eigenvalue weighted by Crippen LogP contribution is -2.02. The number of alkyl halides is 2. The Bertz CT molecular complexity index is 41.3. The minimum Gasteiger partial charge on any atom is -0.341 e. The molecule has 0 saturated heterocycles. The van der Waals surface area contributed by atoms with Crippen molar-refractivity contribution >= 4 is 35.8 Å². The molecule has 37 valence electrons. The molecule has 0 spiro atoms. The van der Waals surface area contributed by atoms with E-state index in [4.69, 9.17) is 23.2 Å². The topological polar surface area (TPSA) is 9.23 Å². The highest BCUT2D eigenvalue weighted by atomic mass is 35.5. The largest absolute Gasteiger partial charge is 0.341 e. The maximum absolute atomic E-state index is 5.08. The average molecular weight is 146 g/mol. The quantitative estimate of drug-likeness (QED) is 0.513. The van der Waals surface area contributed by atoms with Crippen LogP contribution in [0.15, 0.2) is 0 Å². The zero-order chi connectivity index (χ0) is 5.21. The summed E-state index contributed by atoms with van der Waals surface area (Å²) in [5.74, 6) is 0. The fourth-order valence-electron chi connectivity index (χ4n) is 0. The van der Waals surface area contributed by atoms with Gasteiger partial charge in [0.05, 0.1) is 0 Å². The lowest BCUT2D eigenvalue weighted by atomic mass is 11.5. The van der Waals surface area contributed by atoms with E-state index in [1.165, 1.54) is 7.11 Å². The van der Waals surface area contributed by atoms with Gasteiger partial charge in [-0.05, 0) is 12.6 Å². The molecule has 1 nitrogen and oxygen atoms in total. The van der Waals surface area contributed by atoms with Crippen molar-refractivity contribution in [3.05, 3.63) is 0 Å². The molecule has 6 heavy (non-hydrogen) atoms. The van der Waals surface area contributed by atoms with Gasteiger partial charge in [-0.2, -0.15) is 0 Å². The first-order chi connectivity index (χ1) is 2.56. The Balaban J connectivity index is 3.17. The monoisotopic (exact) mass is 145 g/mol. The van der Waals surface area contributed by atoms with Gasteiger partial charge in [-0.1, -0.05) is 23.2 Å². The van der Waals surface area contributed by atoms with Gasteiger partial charge < -0.3 is 4.74 Å². The van der Waals surface area contributed by atoms with E-state index in [9.17, 15) is 0 Å². The van der Waals surface area contributed by atoms with E-state index >= 15 is 0 Å². The molecule has 0 aromatic rings. The lowest BCUT2D eigenvalue weighted by Gasteiger charge is -2.04. The Kier molecular flexibility index (Phi) is 2.60. The predicted octanol–water partition coefficient (Wildman–Crippen LogP) is 1.92. The fourth-order valence-corrected chi connectivity index (χ4v) is 0. The van der Waals surface area contributed by atoms with Crippen LogP contribution < -0.4 is 0 Å². The molecule has 0 unspecified atom stereocenters. The van der Waals surface area contributed by atoms with Gasteiger partial charge >= 0.3 is 0 Å². The molecule has 0 aliphatic heterocycles. The second-order valence-corrected chi connectivity index (χ2v) is 2.95. The van der Waals surface area contributed by atoms with E-state index < -0.39 is 3.85 Å². The second kappa shape index (κ2) is 2.26. The Morgan fingerprint density at radius 3 is 1.83 bits per heavy atom. The predicted molar refractivity (Wildman–Crippen MR) is 29.0 cm³/mol. The molecular formula is C2H3Cl2OS. The van der Waals surface area contributed by atoms with Gasteiger partial charge in [-0.25, -0.2) is 0 Å². The van der Waals surface area contributed by atoms with Crippen LogP contribution in [0.2, 0.25) is 0 Å². The Hall–Kier alpha value is 0.890. The van der Waals surface area contributed by atoms with Crippen molar-refractivity contribution in [2.75, 3.05) is 7.11 Å². The minimum atomic E-state index is -1.43. The number of hydrogen-bond donors (Lipinski definition) is 0. The molecule has 0 N–H and O–H groups in total.